The molecule has 0 amide bonds. The predicted octanol–water partition coefficient (Wildman–Crippen LogP) is 4.51. The molecular weight excluding hydrogens is 348 g/mol. The highest BCUT2D eigenvalue weighted by Gasteiger charge is 2.27. The topological polar surface area (TPSA) is 37.4 Å². The van der Waals surface area contributed by atoms with Gasteiger partial charge in [-0.3, -0.25) is 0 Å². The number of hydrogen-bond donors (Lipinski definition) is 0. The summed E-state index contributed by atoms with van der Waals surface area (Å²) in [5.41, 5.74) is 0.619. The maximum atomic E-state index is 13.3. The summed E-state index contributed by atoms with van der Waals surface area (Å²) in [5.74, 6) is -0.605. The van der Waals surface area contributed by atoms with Crippen LogP contribution in [0.5, 0.6) is 0 Å². The normalized spacial score (nSPS) is 13.4. The monoisotopic (exact) mass is 361 g/mol. The lowest BCUT2D eigenvalue weighted by atomic mass is 10.1. The number of benzene rings is 2. The van der Waals surface area contributed by atoms with Crippen LogP contribution in [0.25, 0.3) is 0 Å². The van der Waals surface area contributed by atoms with Crippen LogP contribution in [0.1, 0.15) is 18.5 Å². The number of rotatable bonds is 4. The molecule has 0 saturated heterocycles. The highest BCUT2D eigenvalue weighted by molar-refractivity contribution is 7.89. The lowest BCUT2D eigenvalue weighted by molar-refractivity contribution is 0.398. The summed E-state index contributed by atoms with van der Waals surface area (Å²) in [6.07, 6.45) is 0. The largest absolute Gasteiger partial charge is 0.243 e. The third-order valence-corrected chi connectivity index (χ3v) is 5.92. The molecule has 0 spiro atoms. The fourth-order valence-electron chi connectivity index (χ4n) is 2.04. The highest BCUT2D eigenvalue weighted by atomic mass is 35.5. The zero-order valence-corrected chi connectivity index (χ0v) is 14.3. The van der Waals surface area contributed by atoms with Crippen molar-refractivity contribution in [3.8, 4) is 0 Å². The second kappa shape index (κ2) is 6.54. The van der Waals surface area contributed by atoms with E-state index < -0.39 is 21.9 Å². The predicted molar refractivity (Wildman–Crippen MR) is 86.2 cm³/mol. The van der Waals surface area contributed by atoms with Gasteiger partial charge in [0.05, 0.1) is 4.90 Å². The Bertz CT molecular complexity index is 796. The van der Waals surface area contributed by atoms with Gasteiger partial charge in [-0.15, -0.1) is 0 Å². The molecule has 22 heavy (non-hydrogen) atoms. The molecule has 0 aliphatic rings. The molecule has 7 heteroatoms. The fraction of sp³-hybridized carbons (Fsp3) is 0.200. The Morgan fingerprint density at radius 1 is 1.14 bits per heavy atom. The molecule has 2 aromatic carbocycles. The Hall–Kier alpha value is -1.14. The van der Waals surface area contributed by atoms with E-state index in [1.165, 1.54) is 25.2 Å². The van der Waals surface area contributed by atoms with E-state index in [4.69, 9.17) is 23.2 Å². The van der Waals surface area contributed by atoms with E-state index in [2.05, 4.69) is 0 Å². The van der Waals surface area contributed by atoms with Gasteiger partial charge in [0.25, 0.3) is 0 Å². The molecule has 1 atom stereocenters. The smallest absolute Gasteiger partial charge is 0.207 e. The summed E-state index contributed by atoms with van der Waals surface area (Å²) < 4.78 is 39.6. The zero-order chi connectivity index (χ0) is 16.5. The summed E-state index contributed by atoms with van der Waals surface area (Å²) in [5, 5.41) is 0.845. The van der Waals surface area contributed by atoms with Crippen LogP contribution in [-0.2, 0) is 10.0 Å². The standard InChI is InChI=1S/C15H14Cl2FNO2S/c1-10(14-7-6-11(16)8-15(14)17)19(2)22(20,21)13-5-3-4-12(18)9-13/h3-10H,1-2H3/t10-/m0/s1. The fourth-order valence-corrected chi connectivity index (χ4v) is 3.98. The van der Waals surface area contributed by atoms with Crippen LogP contribution in [0.3, 0.4) is 0 Å². The average Bonchev–Trinajstić information content (AvgIpc) is 2.45. The van der Waals surface area contributed by atoms with Gasteiger partial charge in [0, 0.05) is 23.1 Å². The third kappa shape index (κ3) is 3.43. The maximum absolute atomic E-state index is 13.3. The van der Waals surface area contributed by atoms with Gasteiger partial charge in [-0.2, -0.15) is 4.31 Å². The highest BCUT2D eigenvalue weighted by Crippen LogP contribution is 2.32. The minimum absolute atomic E-state index is 0.105. The van der Waals surface area contributed by atoms with Crippen molar-refractivity contribution in [3.63, 3.8) is 0 Å². The molecule has 0 saturated carbocycles. The first-order valence-electron chi connectivity index (χ1n) is 6.42. The SMILES string of the molecule is C[C@@H](c1ccc(Cl)cc1Cl)N(C)S(=O)(=O)c1cccc(F)c1. The van der Waals surface area contributed by atoms with E-state index in [1.807, 2.05) is 0 Å². The molecule has 0 heterocycles. The average molecular weight is 362 g/mol. The third-order valence-electron chi connectivity index (χ3n) is 3.43. The lowest BCUT2D eigenvalue weighted by Crippen LogP contribution is -2.30. The van der Waals surface area contributed by atoms with Gasteiger partial charge in [0.15, 0.2) is 0 Å². The van der Waals surface area contributed by atoms with Crippen molar-refractivity contribution in [2.24, 2.45) is 0 Å². The van der Waals surface area contributed by atoms with Crippen molar-refractivity contribution < 1.29 is 12.8 Å². The Labute approximate surface area is 139 Å². The summed E-state index contributed by atoms with van der Waals surface area (Å²) in [6, 6.07) is 9.23. The molecule has 0 radical (unpaired) electrons. The second-order valence-electron chi connectivity index (χ2n) is 4.82. The van der Waals surface area contributed by atoms with E-state index in [0.29, 0.717) is 15.6 Å². The minimum atomic E-state index is -3.83. The number of nitrogens with zero attached hydrogens (tertiary/aromatic N) is 1. The first-order valence-corrected chi connectivity index (χ1v) is 8.61. The number of hydrogen-bond acceptors (Lipinski definition) is 2. The van der Waals surface area contributed by atoms with Crippen molar-refractivity contribution >= 4 is 33.2 Å². The summed E-state index contributed by atoms with van der Waals surface area (Å²) in [6.45, 7) is 1.70. The van der Waals surface area contributed by atoms with Crippen LogP contribution < -0.4 is 0 Å². The quantitative estimate of drug-likeness (QED) is 0.802. The molecule has 0 aliphatic heterocycles. The van der Waals surface area contributed by atoms with Gasteiger partial charge in [-0.1, -0.05) is 35.3 Å². The summed E-state index contributed by atoms with van der Waals surface area (Å²) in [7, 11) is -2.41. The molecule has 118 valence electrons. The van der Waals surface area contributed by atoms with Gasteiger partial charge in [-0.05, 0) is 42.8 Å². The van der Waals surface area contributed by atoms with Crippen LogP contribution in [0.4, 0.5) is 4.39 Å². The first kappa shape index (κ1) is 17.2. The number of halogens is 3. The van der Waals surface area contributed by atoms with Crippen LogP contribution in [0.15, 0.2) is 47.4 Å². The van der Waals surface area contributed by atoms with Crippen molar-refractivity contribution in [2.75, 3.05) is 7.05 Å². The lowest BCUT2D eigenvalue weighted by Gasteiger charge is -2.25. The maximum Gasteiger partial charge on any atom is 0.243 e. The van der Waals surface area contributed by atoms with Crippen molar-refractivity contribution in [1.29, 1.82) is 0 Å². The number of sulfonamides is 1. The van der Waals surface area contributed by atoms with E-state index in [-0.39, 0.29) is 4.90 Å². The van der Waals surface area contributed by atoms with E-state index in [1.54, 1.807) is 25.1 Å². The van der Waals surface area contributed by atoms with Crippen LogP contribution >= 0.6 is 23.2 Å². The molecule has 0 fully saturated rings. The van der Waals surface area contributed by atoms with E-state index >= 15 is 0 Å². The molecule has 2 rings (SSSR count). The van der Waals surface area contributed by atoms with Crippen LogP contribution in [0, 0.1) is 5.82 Å². The Morgan fingerprint density at radius 2 is 1.82 bits per heavy atom. The van der Waals surface area contributed by atoms with Gasteiger partial charge in [0.2, 0.25) is 10.0 Å². The van der Waals surface area contributed by atoms with E-state index in [0.717, 1.165) is 10.4 Å². The zero-order valence-electron chi connectivity index (χ0n) is 11.9. The van der Waals surface area contributed by atoms with Gasteiger partial charge < -0.3 is 0 Å². The van der Waals surface area contributed by atoms with Gasteiger partial charge in [0.1, 0.15) is 5.82 Å². The molecule has 0 aromatic heterocycles. The molecule has 0 bridgehead atoms. The Kier molecular flexibility index (Phi) is 5.12. The minimum Gasteiger partial charge on any atom is -0.207 e. The Balaban J connectivity index is 2.39. The molecule has 0 unspecified atom stereocenters. The second-order valence-corrected chi connectivity index (χ2v) is 7.66. The molecule has 3 nitrogen and oxygen atoms in total. The van der Waals surface area contributed by atoms with Crippen molar-refractivity contribution in [2.45, 2.75) is 17.9 Å². The Morgan fingerprint density at radius 3 is 2.41 bits per heavy atom. The molecule has 0 N–H and O–H groups in total. The van der Waals surface area contributed by atoms with Crippen molar-refractivity contribution in [3.05, 3.63) is 63.9 Å². The summed E-state index contributed by atoms with van der Waals surface area (Å²) in [4.78, 5) is -0.105. The van der Waals surface area contributed by atoms with Crippen LogP contribution in [0.2, 0.25) is 10.0 Å². The molecule has 2 aromatic rings. The summed E-state index contributed by atoms with van der Waals surface area (Å²) >= 11 is 12.0. The first-order chi connectivity index (χ1) is 10.2. The molecular formula is C15H14Cl2FNO2S. The van der Waals surface area contributed by atoms with Crippen LogP contribution in [-0.4, -0.2) is 19.8 Å². The van der Waals surface area contributed by atoms with Gasteiger partial charge in [-0.25, -0.2) is 12.8 Å². The van der Waals surface area contributed by atoms with E-state index in [9.17, 15) is 12.8 Å². The van der Waals surface area contributed by atoms with Crippen molar-refractivity contribution in [1.82, 2.24) is 4.31 Å². The molecule has 0 aliphatic carbocycles. The van der Waals surface area contributed by atoms with Gasteiger partial charge >= 0.3 is 0 Å².